The molecule has 2 heteroatoms. The fraction of sp³-hybridized carbons (Fsp3) is 0.231. The Morgan fingerprint density at radius 1 is 0.867 bits per heavy atom. The number of hydrogen-bond acceptors (Lipinski definition) is 1. The number of hydrogen-bond donors (Lipinski definition) is 0. The molecule has 1 aromatic heterocycles. The largest absolute Gasteiger partial charge is 0.152 e. The number of thiophene rings is 1. The van der Waals surface area contributed by atoms with Crippen LogP contribution in [0.4, 0.5) is 0 Å². The van der Waals surface area contributed by atoms with E-state index >= 15 is 0 Å². The van der Waals surface area contributed by atoms with Crippen molar-refractivity contribution in [2.75, 3.05) is 0 Å². The maximum Gasteiger partial charge on any atom is -0.00934 e. The van der Waals surface area contributed by atoms with Crippen molar-refractivity contribution in [3.8, 4) is 0 Å². The van der Waals surface area contributed by atoms with Crippen molar-refractivity contribution in [3.63, 3.8) is 0 Å². The summed E-state index contributed by atoms with van der Waals surface area (Å²) in [6.45, 7) is 11.2. The summed E-state index contributed by atoms with van der Waals surface area (Å²) in [4.78, 5) is 0. The van der Waals surface area contributed by atoms with Crippen LogP contribution in [0, 0.1) is 0 Å². The second-order valence-corrected chi connectivity index (χ2v) is 13.0. The zero-order valence-corrected chi connectivity index (χ0v) is 13.4. The number of rotatable bonds is 6. The topological polar surface area (TPSA) is 0 Å². The van der Waals surface area contributed by atoms with Crippen LogP contribution in [0.25, 0.3) is 0 Å². The first-order chi connectivity index (χ1) is 7.35. The second-order valence-electron chi connectivity index (χ2n) is 3.23. The van der Waals surface area contributed by atoms with Gasteiger partial charge in [0, 0.05) is 0 Å². The first-order valence-corrected chi connectivity index (χ1v) is 13.1. The van der Waals surface area contributed by atoms with Gasteiger partial charge in [0.2, 0.25) is 0 Å². The summed E-state index contributed by atoms with van der Waals surface area (Å²) in [6.07, 6.45) is 6.15. The molecule has 0 saturated carbocycles. The molecule has 0 atom stereocenters. The van der Waals surface area contributed by atoms with Gasteiger partial charge in [-0.1, -0.05) is 12.1 Å². The van der Waals surface area contributed by atoms with Crippen LogP contribution >= 0.6 is 11.3 Å². The van der Waals surface area contributed by atoms with E-state index in [1.165, 1.54) is 13.3 Å². The summed E-state index contributed by atoms with van der Waals surface area (Å²) in [5.74, 6) is 0. The molecule has 0 aromatic carbocycles. The van der Waals surface area contributed by atoms with Gasteiger partial charge in [-0.15, -0.1) is 0 Å². The van der Waals surface area contributed by atoms with Crippen molar-refractivity contribution in [3.05, 3.63) is 60.9 Å². The molecule has 1 heterocycles. The monoisotopic (exact) mass is 328 g/mol. The smallest absolute Gasteiger partial charge is 0.00934 e. The van der Waals surface area contributed by atoms with Crippen molar-refractivity contribution >= 4 is 31.1 Å². The fourth-order valence-corrected chi connectivity index (χ4v) is 7.36. The third kappa shape index (κ3) is 10.0. The van der Waals surface area contributed by atoms with E-state index in [0.717, 1.165) is 0 Å². The number of allylic oxidation sites excluding steroid dienone is 3. The molecule has 82 valence electrons. The van der Waals surface area contributed by atoms with Crippen LogP contribution in [-0.2, 0) is 0 Å². The Bertz CT molecular complexity index is 211. The summed E-state index contributed by atoms with van der Waals surface area (Å²) in [5.41, 5.74) is 0. The quantitative estimate of drug-likeness (QED) is 0.532. The van der Waals surface area contributed by atoms with Crippen LogP contribution in [-0.4, -0.2) is 19.8 Å². The van der Waals surface area contributed by atoms with E-state index in [0.29, 0.717) is 0 Å². The second kappa shape index (κ2) is 11.8. The average molecular weight is 327 g/mol. The van der Waals surface area contributed by atoms with Crippen molar-refractivity contribution in [1.29, 1.82) is 0 Å². The molecule has 0 N–H and O–H groups in total. The minimum absolute atomic E-state index is 1.23. The van der Waals surface area contributed by atoms with E-state index in [4.69, 9.17) is 0 Å². The molecule has 0 spiro atoms. The average Bonchev–Trinajstić information content (AvgIpc) is 2.77. The summed E-state index contributed by atoms with van der Waals surface area (Å²) < 4.78 is 3.83. The van der Waals surface area contributed by atoms with Crippen LogP contribution < -0.4 is 0 Å². The van der Waals surface area contributed by atoms with Gasteiger partial charge < -0.3 is 0 Å². The molecule has 0 radical (unpaired) electrons. The summed E-state index contributed by atoms with van der Waals surface area (Å²) >= 11 is 0.479. The first-order valence-electron chi connectivity index (χ1n) is 5.15. The third-order valence-corrected chi connectivity index (χ3v) is 11.1. The molecule has 0 fully saturated rings. The third-order valence-electron chi connectivity index (χ3n) is 1.93. The van der Waals surface area contributed by atoms with Crippen molar-refractivity contribution in [2.45, 2.75) is 13.3 Å². The van der Waals surface area contributed by atoms with E-state index in [-0.39, 0.29) is 0 Å². The summed E-state index contributed by atoms with van der Waals surface area (Å²) in [6, 6.07) is 4.04. The molecular formula is C13H20SSn. The predicted molar refractivity (Wildman–Crippen MR) is 76.5 cm³/mol. The van der Waals surface area contributed by atoms with Gasteiger partial charge >= 0.3 is 71.0 Å². The first kappa shape index (κ1) is 14.7. The Morgan fingerprint density at radius 3 is 1.47 bits per heavy atom. The van der Waals surface area contributed by atoms with Gasteiger partial charge in [-0.3, -0.25) is 0 Å². The van der Waals surface area contributed by atoms with E-state index in [9.17, 15) is 0 Å². The minimum Gasteiger partial charge on any atom is -0.152 e. The van der Waals surface area contributed by atoms with Gasteiger partial charge in [-0.2, -0.15) is 11.3 Å². The van der Waals surface area contributed by atoms with E-state index in [2.05, 4.69) is 19.7 Å². The van der Waals surface area contributed by atoms with Crippen molar-refractivity contribution < 1.29 is 0 Å². The molecule has 1 aromatic rings. The molecular weight excluding hydrogens is 307 g/mol. The molecule has 0 saturated heterocycles. The van der Waals surface area contributed by atoms with E-state index in [1.54, 1.807) is 11.3 Å². The van der Waals surface area contributed by atoms with E-state index in [1.807, 2.05) is 41.1 Å². The Kier molecular flexibility index (Phi) is 11.6. The SMILES string of the molecule is C=C[CH2][SnH]([CH2]C=C)[CH2]C=C.c1ccsc1. The van der Waals surface area contributed by atoms with Gasteiger partial charge in [-0.25, -0.2) is 0 Å². The molecule has 0 unspecified atom stereocenters. The summed E-state index contributed by atoms with van der Waals surface area (Å²) in [7, 11) is 0. The van der Waals surface area contributed by atoms with E-state index < -0.39 is 19.8 Å². The Morgan fingerprint density at radius 2 is 1.27 bits per heavy atom. The van der Waals surface area contributed by atoms with Crippen LogP contribution in [0.1, 0.15) is 0 Å². The van der Waals surface area contributed by atoms with Gasteiger partial charge in [0.15, 0.2) is 0 Å². The Hall–Kier alpha value is -0.281. The molecule has 0 aliphatic heterocycles. The normalized spacial score (nSPS) is 8.87. The maximum atomic E-state index is 3.75. The minimum atomic E-state index is -1.23. The molecule has 0 nitrogen and oxygen atoms in total. The maximum absolute atomic E-state index is 3.75. The fourth-order valence-electron chi connectivity index (χ4n) is 1.22. The zero-order chi connectivity index (χ0) is 11.4. The standard InChI is InChI=1S/C4H4S.3C3H5.Sn.H/c1-2-4-5-3-1;3*1-3-2;;/h1-4H;3*3H,1-2H2;;. The Labute approximate surface area is 105 Å². The Balaban J connectivity index is 0.000000322. The van der Waals surface area contributed by atoms with Gasteiger partial charge in [-0.05, 0) is 10.8 Å². The molecule has 0 aliphatic rings. The van der Waals surface area contributed by atoms with Crippen LogP contribution in [0.15, 0.2) is 60.9 Å². The van der Waals surface area contributed by atoms with Crippen LogP contribution in [0.5, 0.6) is 0 Å². The van der Waals surface area contributed by atoms with Gasteiger partial charge in [0.25, 0.3) is 0 Å². The summed E-state index contributed by atoms with van der Waals surface area (Å²) in [5, 5.41) is 4.08. The van der Waals surface area contributed by atoms with Crippen LogP contribution in [0.3, 0.4) is 0 Å². The zero-order valence-electron chi connectivity index (χ0n) is 9.27. The van der Waals surface area contributed by atoms with Crippen molar-refractivity contribution in [2.24, 2.45) is 0 Å². The molecule has 1 rings (SSSR count). The molecule has 0 bridgehead atoms. The molecule has 15 heavy (non-hydrogen) atoms. The van der Waals surface area contributed by atoms with Gasteiger partial charge in [0.05, 0.1) is 0 Å². The van der Waals surface area contributed by atoms with Crippen molar-refractivity contribution in [1.82, 2.24) is 0 Å². The predicted octanol–water partition coefficient (Wildman–Crippen LogP) is 4.52. The van der Waals surface area contributed by atoms with Crippen LogP contribution in [0.2, 0.25) is 13.3 Å². The van der Waals surface area contributed by atoms with Gasteiger partial charge in [0.1, 0.15) is 0 Å². The molecule has 0 amide bonds. The molecule has 0 aliphatic carbocycles.